The zero-order valence-corrected chi connectivity index (χ0v) is 13.5. The van der Waals surface area contributed by atoms with Crippen LogP contribution in [0.25, 0.3) is 0 Å². The zero-order chi connectivity index (χ0) is 17.0. The molecule has 2 rings (SSSR count). The first-order chi connectivity index (χ1) is 10.9. The van der Waals surface area contributed by atoms with Crippen molar-refractivity contribution < 1.29 is 18.9 Å². The smallest absolute Gasteiger partial charge is 0.279 e. The quantitative estimate of drug-likeness (QED) is 0.874. The van der Waals surface area contributed by atoms with Crippen LogP contribution in [0, 0.1) is 25.5 Å². The molecule has 0 saturated carbocycles. The van der Waals surface area contributed by atoms with E-state index >= 15 is 0 Å². The molecule has 0 saturated heterocycles. The Labute approximate surface area is 134 Å². The van der Waals surface area contributed by atoms with Crippen LogP contribution in [-0.2, 0) is 4.79 Å². The molecule has 0 aliphatic rings. The second-order valence-electron chi connectivity index (χ2n) is 5.76. The van der Waals surface area contributed by atoms with Gasteiger partial charge in [0.15, 0.2) is 6.54 Å². The van der Waals surface area contributed by atoms with Gasteiger partial charge in [0.1, 0.15) is 17.7 Å². The fourth-order valence-corrected chi connectivity index (χ4v) is 2.35. The number of anilines is 1. The van der Waals surface area contributed by atoms with Crippen LogP contribution in [0.4, 0.5) is 14.5 Å². The van der Waals surface area contributed by atoms with E-state index in [9.17, 15) is 13.6 Å². The fourth-order valence-electron chi connectivity index (χ4n) is 2.35. The summed E-state index contributed by atoms with van der Waals surface area (Å²) in [6.07, 6.45) is 0. The standard InChI is InChI=1S/C18H20F2N2O/c1-11-4-5-12(2)17(8-11)22-18(23)10-21-13(3)15-7-6-14(19)9-16(15)20/h4-9,13,21H,10H2,1-3H3,(H,22,23)/p+1/t13-/m0/s1. The Morgan fingerprint density at radius 2 is 1.91 bits per heavy atom. The van der Waals surface area contributed by atoms with Gasteiger partial charge in [-0.3, -0.25) is 4.79 Å². The molecule has 23 heavy (non-hydrogen) atoms. The van der Waals surface area contributed by atoms with Gasteiger partial charge in [-0.1, -0.05) is 12.1 Å². The lowest BCUT2D eigenvalue weighted by Gasteiger charge is -2.13. The molecule has 122 valence electrons. The van der Waals surface area contributed by atoms with Crippen molar-refractivity contribution in [3.05, 3.63) is 64.7 Å². The van der Waals surface area contributed by atoms with Gasteiger partial charge in [-0.2, -0.15) is 0 Å². The number of hydrogen-bond acceptors (Lipinski definition) is 1. The highest BCUT2D eigenvalue weighted by atomic mass is 19.1. The predicted octanol–water partition coefficient (Wildman–Crippen LogP) is 2.84. The highest BCUT2D eigenvalue weighted by Crippen LogP contribution is 2.16. The molecule has 1 atom stereocenters. The maximum absolute atomic E-state index is 13.7. The zero-order valence-electron chi connectivity index (χ0n) is 13.5. The molecular weight excluding hydrogens is 298 g/mol. The van der Waals surface area contributed by atoms with Gasteiger partial charge in [-0.25, -0.2) is 8.78 Å². The molecule has 0 fully saturated rings. The van der Waals surface area contributed by atoms with Crippen molar-refractivity contribution in [3.8, 4) is 0 Å². The van der Waals surface area contributed by atoms with Gasteiger partial charge in [0.05, 0.1) is 0 Å². The molecule has 0 aliphatic heterocycles. The maximum atomic E-state index is 13.7. The van der Waals surface area contributed by atoms with Crippen LogP contribution in [0.2, 0.25) is 0 Å². The van der Waals surface area contributed by atoms with Gasteiger partial charge < -0.3 is 10.6 Å². The molecular formula is C18H21F2N2O+. The number of carbonyl (C=O) groups excluding carboxylic acids is 1. The molecule has 5 heteroatoms. The molecule has 0 unspecified atom stereocenters. The van der Waals surface area contributed by atoms with Gasteiger partial charge in [0.2, 0.25) is 0 Å². The van der Waals surface area contributed by atoms with E-state index in [1.807, 2.05) is 32.0 Å². The van der Waals surface area contributed by atoms with E-state index in [4.69, 9.17) is 0 Å². The molecule has 3 nitrogen and oxygen atoms in total. The van der Waals surface area contributed by atoms with Gasteiger partial charge in [-0.05, 0) is 50.1 Å². The summed E-state index contributed by atoms with van der Waals surface area (Å²) in [5.41, 5.74) is 3.22. The van der Waals surface area contributed by atoms with Crippen LogP contribution in [0.3, 0.4) is 0 Å². The van der Waals surface area contributed by atoms with Gasteiger partial charge in [-0.15, -0.1) is 0 Å². The monoisotopic (exact) mass is 319 g/mol. The Hall–Kier alpha value is -2.27. The highest BCUT2D eigenvalue weighted by Gasteiger charge is 2.16. The Kier molecular flexibility index (Phi) is 5.45. The first-order valence-corrected chi connectivity index (χ1v) is 7.52. The number of amides is 1. The summed E-state index contributed by atoms with van der Waals surface area (Å²) in [4.78, 5) is 12.1. The molecule has 2 aromatic carbocycles. The van der Waals surface area contributed by atoms with Gasteiger partial charge in [0.25, 0.3) is 5.91 Å². The van der Waals surface area contributed by atoms with Crippen molar-refractivity contribution in [2.45, 2.75) is 26.8 Å². The van der Waals surface area contributed by atoms with Crippen LogP contribution >= 0.6 is 0 Å². The molecule has 0 aliphatic carbocycles. The van der Waals surface area contributed by atoms with Crippen molar-refractivity contribution in [2.75, 3.05) is 11.9 Å². The third-order valence-electron chi connectivity index (χ3n) is 3.78. The van der Waals surface area contributed by atoms with Crippen molar-refractivity contribution in [1.82, 2.24) is 0 Å². The van der Waals surface area contributed by atoms with Crippen molar-refractivity contribution >= 4 is 11.6 Å². The van der Waals surface area contributed by atoms with Crippen LogP contribution in [0.1, 0.15) is 29.7 Å². The second kappa shape index (κ2) is 7.33. The van der Waals surface area contributed by atoms with E-state index in [0.717, 1.165) is 22.9 Å². The minimum absolute atomic E-state index is 0.158. The minimum atomic E-state index is -0.605. The van der Waals surface area contributed by atoms with E-state index in [2.05, 4.69) is 5.32 Å². The van der Waals surface area contributed by atoms with Crippen molar-refractivity contribution in [3.63, 3.8) is 0 Å². The first-order valence-electron chi connectivity index (χ1n) is 7.52. The SMILES string of the molecule is Cc1ccc(C)c(NC(=O)C[NH2+][C@@H](C)c2ccc(F)cc2F)c1. The van der Waals surface area contributed by atoms with E-state index in [1.54, 1.807) is 12.2 Å². The number of hydrogen-bond donors (Lipinski definition) is 2. The predicted molar refractivity (Wildman–Crippen MR) is 86.1 cm³/mol. The largest absolute Gasteiger partial charge is 0.332 e. The summed E-state index contributed by atoms with van der Waals surface area (Å²) in [6, 6.07) is 9.06. The summed E-state index contributed by atoms with van der Waals surface area (Å²) in [5.74, 6) is -1.36. The third kappa shape index (κ3) is 4.60. The number of rotatable bonds is 5. The third-order valence-corrected chi connectivity index (χ3v) is 3.78. The van der Waals surface area contributed by atoms with Crippen LogP contribution in [0.15, 0.2) is 36.4 Å². The van der Waals surface area contributed by atoms with Crippen LogP contribution in [-0.4, -0.2) is 12.5 Å². The Balaban J connectivity index is 1.94. The summed E-state index contributed by atoms with van der Waals surface area (Å²) >= 11 is 0. The average molecular weight is 319 g/mol. The average Bonchev–Trinajstić information content (AvgIpc) is 2.48. The van der Waals surface area contributed by atoms with E-state index < -0.39 is 11.6 Å². The lowest BCUT2D eigenvalue weighted by Crippen LogP contribution is -2.86. The maximum Gasteiger partial charge on any atom is 0.279 e. The molecule has 0 radical (unpaired) electrons. The molecule has 0 bridgehead atoms. The number of carbonyl (C=O) groups is 1. The van der Waals surface area contributed by atoms with Crippen LogP contribution < -0.4 is 10.6 Å². The van der Waals surface area contributed by atoms with Gasteiger partial charge >= 0.3 is 0 Å². The topological polar surface area (TPSA) is 45.7 Å². The Morgan fingerprint density at radius 1 is 1.17 bits per heavy atom. The number of benzene rings is 2. The minimum Gasteiger partial charge on any atom is -0.332 e. The lowest BCUT2D eigenvalue weighted by atomic mass is 10.1. The summed E-state index contributed by atoms with van der Waals surface area (Å²) < 4.78 is 26.6. The Morgan fingerprint density at radius 3 is 2.61 bits per heavy atom. The summed E-state index contributed by atoms with van der Waals surface area (Å²) in [7, 11) is 0. The second-order valence-corrected chi connectivity index (χ2v) is 5.76. The highest BCUT2D eigenvalue weighted by molar-refractivity contribution is 5.92. The number of quaternary nitrogens is 1. The first kappa shape index (κ1) is 17.1. The summed E-state index contributed by atoms with van der Waals surface area (Å²) in [6.45, 7) is 5.82. The lowest BCUT2D eigenvalue weighted by molar-refractivity contribution is -0.682. The molecule has 3 N–H and O–H groups in total. The fraction of sp³-hybridized carbons (Fsp3) is 0.278. The Bertz CT molecular complexity index is 716. The number of nitrogens with one attached hydrogen (secondary N) is 1. The number of nitrogens with two attached hydrogens (primary N) is 1. The van der Waals surface area contributed by atoms with Crippen molar-refractivity contribution in [1.29, 1.82) is 0 Å². The molecule has 2 aromatic rings. The normalized spacial score (nSPS) is 12.0. The molecule has 0 heterocycles. The van der Waals surface area contributed by atoms with E-state index in [1.165, 1.54) is 12.1 Å². The molecule has 1 amide bonds. The number of aryl methyl sites for hydroxylation is 2. The van der Waals surface area contributed by atoms with E-state index in [-0.39, 0.29) is 18.5 Å². The van der Waals surface area contributed by atoms with Gasteiger partial charge in [0, 0.05) is 17.3 Å². The summed E-state index contributed by atoms with van der Waals surface area (Å²) in [5, 5.41) is 4.58. The van der Waals surface area contributed by atoms with Crippen molar-refractivity contribution in [2.24, 2.45) is 0 Å². The molecule has 0 aromatic heterocycles. The van der Waals surface area contributed by atoms with E-state index in [0.29, 0.717) is 5.56 Å². The van der Waals surface area contributed by atoms with Crippen LogP contribution in [0.5, 0.6) is 0 Å². The number of halogens is 2. The molecule has 0 spiro atoms.